The van der Waals surface area contributed by atoms with Gasteiger partial charge in [0.15, 0.2) is 12.0 Å². The number of halogens is 2. The summed E-state index contributed by atoms with van der Waals surface area (Å²) in [6, 6.07) is 9.92. The zero-order chi connectivity index (χ0) is 32.5. The first-order valence-electron chi connectivity index (χ1n) is 13.9. The van der Waals surface area contributed by atoms with Crippen LogP contribution < -0.4 is 25.2 Å². The normalized spacial score (nSPS) is 16.4. The third-order valence-corrected chi connectivity index (χ3v) is 8.17. The van der Waals surface area contributed by atoms with E-state index in [0.29, 0.717) is 26.6 Å². The summed E-state index contributed by atoms with van der Waals surface area (Å²) < 4.78 is 40.1. The molecule has 15 heteroatoms. The first kappa shape index (κ1) is 32.0. The summed E-state index contributed by atoms with van der Waals surface area (Å²) in [5.74, 6) is -0.981. The van der Waals surface area contributed by atoms with Gasteiger partial charge in [0.25, 0.3) is 0 Å². The van der Waals surface area contributed by atoms with Crippen molar-refractivity contribution in [3.8, 4) is 16.3 Å². The Kier molecular flexibility index (Phi) is 9.16. The SMILES string of the molecule is CNCc1c(-c2ccc(NC(=O)OC(C)(C)C)nc2)sc2c1C(O)N(c1ccc(OC)nn1)C(O)N2Cc1c(F)cccc1F. The van der Waals surface area contributed by atoms with Gasteiger partial charge in [-0.05, 0) is 63.7 Å². The maximum atomic E-state index is 14.9. The Bertz CT molecular complexity index is 1640. The van der Waals surface area contributed by atoms with E-state index >= 15 is 0 Å². The van der Waals surface area contributed by atoms with Gasteiger partial charge in [0.05, 0.1) is 13.7 Å². The van der Waals surface area contributed by atoms with Crippen molar-refractivity contribution in [3.05, 3.63) is 77.0 Å². The first-order valence-corrected chi connectivity index (χ1v) is 14.7. The number of aromatic nitrogens is 3. The highest BCUT2D eigenvalue weighted by Gasteiger charge is 2.43. The highest BCUT2D eigenvalue weighted by Crippen LogP contribution is 2.50. The Labute approximate surface area is 262 Å². The first-order chi connectivity index (χ1) is 21.4. The summed E-state index contributed by atoms with van der Waals surface area (Å²) in [7, 11) is 3.17. The number of nitrogens with zero attached hydrogens (tertiary/aromatic N) is 5. The molecule has 0 radical (unpaired) electrons. The number of methoxy groups -OCH3 is 1. The number of aliphatic hydroxyl groups excluding tert-OH is 2. The molecule has 1 aliphatic heterocycles. The van der Waals surface area contributed by atoms with Crippen molar-refractivity contribution < 1.29 is 33.3 Å². The van der Waals surface area contributed by atoms with Gasteiger partial charge in [-0.1, -0.05) is 6.07 Å². The third kappa shape index (κ3) is 6.66. The number of carbonyl (C=O) groups is 1. The van der Waals surface area contributed by atoms with Gasteiger partial charge in [-0.25, -0.2) is 18.6 Å². The summed E-state index contributed by atoms with van der Waals surface area (Å²) in [6.45, 7) is 5.18. The quantitative estimate of drug-likeness (QED) is 0.212. The maximum Gasteiger partial charge on any atom is 0.413 e. The van der Waals surface area contributed by atoms with Crippen LogP contribution in [0.15, 0.2) is 48.7 Å². The molecule has 4 heterocycles. The lowest BCUT2D eigenvalue weighted by Gasteiger charge is -2.44. The van der Waals surface area contributed by atoms with E-state index in [1.54, 1.807) is 46.1 Å². The number of carbonyl (C=O) groups excluding carboxylic acids is 1. The average Bonchev–Trinajstić information content (AvgIpc) is 3.36. The van der Waals surface area contributed by atoms with Crippen molar-refractivity contribution in [2.45, 2.75) is 52.0 Å². The lowest BCUT2D eigenvalue weighted by atomic mass is 10.0. The Morgan fingerprint density at radius 2 is 1.80 bits per heavy atom. The number of nitrogens with one attached hydrogen (secondary N) is 2. The second kappa shape index (κ2) is 12.9. The van der Waals surface area contributed by atoms with E-state index in [4.69, 9.17) is 9.47 Å². The fraction of sp³-hybridized carbons (Fsp3) is 0.333. The number of hydrogen-bond donors (Lipinski definition) is 4. The van der Waals surface area contributed by atoms with E-state index in [1.807, 2.05) is 0 Å². The number of fused-ring (bicyclic) bond motifs is 1. The van der Waals surface area contributed by atoms with Crippen LogP contribution in [-0.4, -0.2) is 57.6 Å². The molecule has 0 aliphatic carbocycles. The fourth-order valence-corrected chi connectivity index (χ4v) is 6.22. The molecule has 2 atom stereocenters. The van der Waals surface area contributed by atoms with E-state index in [0.717, 1.165) is 12.1 Å². The largest absolute Gasteiger partial charge is 0.480 e. The molecule has 0 fully saturated rings. The number of anilines is 3. The fourth-order valence-electron chi connectivity index (χ4n) is 4.87. The van der Waals surface area contributed by atoms with Crippen LogP contribution in [0, 0.1) is 11.6 Å². The van der Waals surface area contributed by atoms with Crippen LogP contribution in [0.2, 0.25) is 0 Å². The Hall–Kier alpha value is -4.44. The van der Waals surface area contributed by atoms with Crippen molar-refractivity contribution in [2.24, 2.45) is 0 Å². The van der Waals surface area contributed by atoms with Crippen molar-refractivity contribution in [2.75, 3.05) is 29.3 Å². The van der Waals surface area contributed by atoms with Gasteiger partial charge >= 0.3 is 6.09 Å². The average molecular weight is 642 g/mol. The number of hydrogen-bond acceptors (Lipinski definition) is 12. The predicted octanol–water partition coefficient (Wildman–Crippen LogP) is 4.75. The lowest BCUT2D eigenvalue weighted by Crippen LogP contribution is -2.54. The second-order valence-corrected chi connectivity index (χ2v) is 12.1. The third-order valence-electron chi connectivity index (χ3n) is 6.84. The second-order valence-electron chi connectivity index (χ2n) is 11.1. The van der Waals surface area contributed by atoms with Gasteiger partial charge in [-0.15, -0.1) is 21.5 Å². The minimum Gasteiger partial charge on any atom is -0.480 e. The Morgan fingerprint density at radius 3 is 2.38 bits per heavy atom. The molecule has 1 aromatic carbocycles. The number of thiophene rings is 1. The van der Waals surface area contributed by atoms with Crippen molar-refractivity contribution in [1.29, 1.82) is 0 Å². The molecule has 1 amide bonds. The minimum atomic E-state index is -1.60. The molecule has 238 valence electrons. The van der Waals surface area contributed by atoms with Crippen molar-refractivity contribution in [1.82, 2.24) is 20.5 Å². The van der Waals surface area contributed by atoms with Crippen LogP contribution in [0.5, 0.6) is 5.88 Å². The maximum absolute atomic E-state index is 14.9. The van der Waals surface area contributed by atoms with Gasteiger partial charge in [-0.3, -0.25) is 10.2 Å². The van der Waals surface area contributed by atoms with E-state index in [9.17, 15) is 23.8 Å². The molecule has 12 nitrogen and oxygen atoms in total. The van der Waals surface area contributed by atoms with Crippen LogP contribution in [0.1, 0.15) is 43.7 Å². The van der Waals surface area contributed by atoms with Crippen LogP contribution >= 0.6 is 11.3 Å². The monoisotopic (exact) mass is 641 g/mol. The molecular weight excluding hydrogens is 608 g/mol. The predicted molar refractivity (Wildman–Crippen MR) is 165 cm³/mol. The summed E-state index contributed by atoms with van der Waals surface area (Å²) in [6.07, 6.45) is -2.12. The van der Waals surface area contributed by atoms with Crippen LogP contribution in [-0.2, 0) is 17.8 Å². The standard InChI is InChI=1S/C30H33F2N7O5S/c1-30(2,3)44-28(41)35-21-10-9-16(13-34-21)25-17(14-33-4)24-26(40)39(22-11-12-23(43-5)37-36-22)29(42)38(27(24)45-25)15-18-19(31)7-6-8-20(18)32/h6-13,26,29,33,40,42H,14-15H2,1-5H3,(H,34,35,41). The van der Waals surface area contributed by atoms with Crippen LogP contribution in [0.3, 0.4) is 0 Å². The molecule has 0 bridgehead atoms. The number of pyridine rings is 1. The van der Waals surface area contributed by atoms with Gasteiger partial charge < -0.3 is 29.9 Å². The van der Waals surface area contributed by atoms with Gasteiger partial charge in [0, 0.05) is 40.4 Å². The summed E-state index contributed by atoms with van der Waals surface area (Å²) in [5, 5.41) is 37.6. The Morgan fingerprint density at radius 1 is 1.07 bits per heavy atom. The summed E-state index contributed by atoms with van der Waals surface area (Å²) in [4.78, 5) is 19.9. The minimum absolute atomic E-state index is 0.0999. The molecule has 4 N–H and O–H groups in total. The molecule has 45 heavy (non-hydrogen) atoms. The number of benzene rings is 1. The van der Waals surface area contributed by atoms with Crippen LogP contribution in [0.25, 0.3) is 10.4 Å². The summed E-state index contributed by atoms with van der Waals surface area (Å²) in [5.41, 5.74) is 0.765. The molecule has 5 rings (SSSR count). The molecular formula is C30H33F2N7O5S. The number of aliphatic hydroxyl groups is 2. The number of rotatable bonds is 8. The van der Waals surface area contributed by atoms with E-state index in [1.165, 1.54) is 46.4 Å². The summed E-state index contributed by atoms with van der Waals surface area (Å²) >= 11 is 1.22. The van der Waals surface area contributed by atoms with Crippen molar-refractivity contribution >= 4 is 34.1 Å². The molecule has 0 spiro atoms. The lowest BCUT2D eigenvalue weighted by molar-refractivity contribution is 0.0634. The van der Waals surface area contributed by atoms with Crippen LogP contribution in [0.4, 0.5) is 30.2 Å². The number of ether oxygens (including phenoxy) is 2. The van der Waals surface area contributed by atoms with E-state index in [-0.39, 0.29) is 36.2 Å². The zero-order valence-corrected chi connectivity index (χ0v) is 26.0. The molecule has 3 aromatic heterocycles. The van der Waals surface area contributed by atoms with Crippen molar-refractivity contribution in [3.63, 3.8) is 0 Å². The topological polar surface area (TPSA) is 145 Å². The molecule has 1 aliphatic rings. The molecule has 0 saturated heterocycles. The molecule has 4 aromatic rings. The molecule has 2 unspecified atom stereocenters. The van der Waals surface area contributed by atoms with Gasteiger partial charge in [-0.2, -0.15) is 0 Å². The zero-order valence-electron chi connectivity index (χ0n) is 25.2. The van der Waals surface area contributed by atoms with E-state index < -0.39 is 35.9 Å². The number of amides is 1. The molecule has 0 saturated carbocycles. The van der Waals surface area contributed by atoms with Gasteiger partial charge in [0.2, 0.25) is 12.2 Å². The highest BCUT2D eigenvalue weighted by atomic mass is 32.1. The Balaban J connectivity index is 1.60. The van der Waals surface area contributed by atoms with Gasteiger partial charge in [0.1, 0.15) is 28.1 Å². The highest BCUT2D eigenvalue weighted by molar-refractivity contribution is 7.20. The smallest absolute Gasteiger partial charge is 0.413 e. The van der Waals surface area contributed by atoms with E-state index in [2.05, 4.69) is 25.8 Å².